The van der Waals surface area contributed by atoms with Gasteiger partial charge in [0.1, 0.15) is 11.8 Å². The molecule has 2 aromatic carbocycles. The summed E-state index contributed by atoms with van der Waals surface area (Å²) in [6.45, 7) is 12.6. The predicted octanol–water partition coefficient (Wildman–Crippen LogP) is 5.31. The number of quaternary nitrogens is 1. The Morgan fingerprint density at radius 1 is 1.16 bits per heavy atom. The van der Waals surface area contributed by atoms with Gasteiger partial charge in [0.25, 0.3) is 0 Å². The molecule has 3 aliphatic heterocycles. The third-order valence-electron chi connectivity index (χ3n) is 8.70. The number of ether oxygens (including phenoxy) is 2. The average molecular weight is 514 g/mol. The highest BCUT2D eigenvalue weighted by molar-refractivity contribution is 5.85. The van der Waals surface area contributed by atoms with Crippen molar-refractivity contribution in [2.75, 3.05) is 20.2 Å². The maximum absolute atomic E-state index is 13.7. The van der Waals surface area contributed by atoms with Gasteiger partial charge in [0, 0.05) is 35.9 Å². The molecule has 2 bridgehead atoms. The molecule has 0 radical (unpaired) electrons. The number of fused-ring (bicyclic) bond motifs is 4. The van der Waals surface area contributed by atoms with Crippen LogP contribution in [0, 0.1) is 17.8 Å². The maximum atomic E-state index is 13.7. The zero-order valence-corrected chi connectivity index (χ0v) is 23.2. The molecular formula is C33H41N2O3+. The molecule has 0 spiro atoms. The highest BCUT2D eigenvalue weighted by atomic mass is 16.5. The van der Waals surface area contributed by atoms with Crippen LogP contribution in [0.5, 0.6) is 5.75 Å². The lowest BCUT2D eigenvalue weighted by Crippen LogP contribution is -3.20. The standard InChI is InChI=1S/C33H40N2O3/c1-6-24-20-35-16-14-26(24)18-31(35)32(28-13-15-34-30-12-11-27(37-5)19-29(28)30)38-33(36)22(4)25-9-7-23(8-10-25)17-21(2)3/h6-13,15,19,21-22,24,26,31-32H,1,14,16-18,20H2,2-5H3/p+1/t22-,24+,26+,31-,32-/m1/s1. The number of methoxy groups -OCH3 is 1. The number of esters is 1. The van der Waals surface area contributed by atoms with Crippen LogP contribution in [0.1, 0.15) is 62.3 Å². The summed E-state index contributed by atoms with van der Waals surface area (Å²) >= 11 is 0. The summed E-state index contributed by atoms with van der Waals surface area (Å²) in [6.07, 6.45) is 6.86. The van der Waals surface area contributed by atoms with Gasteiger partial charge in [-0.3, -0.25) is 9.78 Å². The SMILES string of the molecule is C=C[C@H]1C[NH+]2CC[C@H]1C[C@@H]2[C@H](OC(=O)[C@H](C)c1ccc(CC(C)C)cc1)c1ccnc2ccc(OC)cc12. The summed E-state index contributed by atoms with van der Waals surface area (Å²) in [5.74, 6) is 1.97. The van der Waals surface area contributed by atoms with Gasteiger partial charge < -0.3 is 14.4 Å². The van der Waals surface area contributed by atoms with Gasteiger partial charge in [-0.05, 0) is 60.6 Å². The van der Waals surface area contributed by atoms with E-state index in [1.807, 2.05) is 37.4 Å². The molecule has 200 valence electrons. The van der Waals surface area contributed by atoms with Crippen molar-refractivity contribution in [3.63, 3.8) is 0 Å². The quantitative estimate of drug-likeness (QED) is 0.311. The van der Waals surface area contributed by atoms with Crippen molar-refractivity contribution < 1.29 is 19.2 Å². The normalized spacial score (nSPS) is 24.2. The third kappa shape index (κ3) is 5.35. The maximum Gasteiger partial charge on any atom is 0.313 e. The topological polar surface area (TPSA) is 52.9 Å². The van der Waals surface area contributed by atoms with E-state index in [4.69, 9.17) is 9.47 Å². The minimum atomic E-state index is -0.355. The Kier molecular flexibility index (Phi) is 7.85. The Hall–Kier alpha value is -3.18. The lowest BCUT2D eigenvalue weighted by Gasteiger charge is -2.48. The molecule has 3 aliphatic rings. The van der Waals surface area contributed by atoms with E-state index < -0.39 is 0 Å². The van der Waals surface area contributed by atoms with Gasteiger partial charge in [-0.2, -0.15) is 0 Å². The zero-order valence-electron chi connectivity index (χ0n) is 23.2. The second-order valence-corrected chi connectivity index (χ2v) is 11.6. The van der Waals surface area contributed by atoms with Crippen molar-refractivity contribution in [3.8, 4) is 5.75 Å². The summed E-state index contributed by atoms with van der Waals surface area (Å²) in [7, 11) is 1.67. The molecule has 3 aromatic rings. The molecule has 38 heavy (non-hydrogen) atoms. The van der Waals surface area contributed by atoms with Gasteiger partial charge in [-0.1, -0.05) is 44.2 Å². The highest BCUT2D eigenvalue weighted by Crippen LogP contribution is 2.37. The summed E-state index contributed by atoms with van der Waals surface area (Å²) in [6, 6.07) is 16.6. The monoisotopic (exact) mass is 513 g/mol. The molecular weight excluding hydrogens is 472 g/mol. The van der Waals surface area contributed by atoms with Crippen LogP contribution in [-0.4, -0.2) is 37.2 Å². The van der Waals surface area contributed by atoms with Crippen LogP contribution in [-0.2, 0) is 16.0 Å². The number of hydrogen-bond acceptors (Lipinski definition) is 4. The average Bonchev–Trinajstić information content (AvgIpc) is 2.95. The molecule has 5 heteroatoms. The second kappa shape index (κ2) is 11.3. The van der Waals surface area contributed by atoms with Crippen molar-refractivity contribution in [2.45, 2.75) is 58.1 Å². The van der Waals surface area contributed by atoms with Crippen molar-refractivity contribution in [1.82, 2.24) is 4.98 Å². The predicted molar refractivity (Wildman–Crippen MR) is 151 cm³/mol. The summed E-state index contributed by atoms with van der Waals surface area (Å²) < 4.78 is 12.1. The lowest BCUT2D eigenvalue weighted by molar-refractivity contribution is -0.949. The number of aromatic nitrogens is 1. The Bertz CT molecular complexity index is 1290. The van der Waals surface area contributed by atoms with E-state index >= 15 is 0 Å². The molecule has 6 atom stereocenters. The summed E-state index contributed by atoms with van der Waals surface area (Å²) in [4.78, 5) is 19.8. The fraction of sp³-hybridized carbons (Fsp3) is 0.455. The number of rotatable bonds is 9. The number of carbonyl (C=O) groups is 1. The number of carbonyl (C=O) groups excluding carboxylic acids is 1. The van der Waals surface area contributed by atoms with Gasteiger partial charge >= 0.3 is 5.97 Å². The first-order valence-electron chi connectivity index (χ1n) is 14.1. The van der Waals surface area contributed by atoms with Gasteiger partial charge in [-0.25, -0.2) is 0 Å². The first-order chi connectivity index (χ1) is 18.4. The van der Waals surface area contributed by atoms with Crippen LogP contribution in [0.15, 0.2) is 67.4 Å². The Morgan fingerprint density at radius 3 is 2.61 bits per heavy atom. The molecule has 1 N–H and O–H groups in total. The molecule has 0 amide bonds. The van der Waals surface area contributed by atoms with Crippen LogP contribution in [0.2, 0.25) is 0 Å². The van der Waals surface area contributed by atoms with Gasteiger partial charge in [0.15, 0.2) is 6.10 Å². The molecule has 5 nitrogen and oxygen atoms in total. The molecule has 6 rings (SSSR count). The van der Waals surface area contributed by atoms with Crippen LogP contribution in [0.25, 0.3) is 10.9 Å². The van der Waals surface area contributed by atoms with E-state index in [1.165, 1.54) is 16.9 Å². The van der Waals surface area contributed by atoms with Crippen LogP contribution in [0.3, 0.4) is 0 Å². The highest BCUT2D eigenvalue weighted by Gasteiger charge is 2.48. The molecule has 0 aliphatic carbocycles. The third-order valence-corrected chi connectivity index (χ3v) is 8.70. The molecule has 0 saturated carbocycles. The smallest absolute Gasteiger partial charge is 0.313 e. The first kappa shape index (κ1) is 26.4. The van der Waals surface area contributed by atoms with Crippen molar-refractivity contribution in [3.05, 3.63) is 84.1 Å². The van der Waals surface area contributed by atoms with Gasteiger partial charge in [0.05, 0.1) is 31.6 Å². The number of nitrogens with one attached hydrogen (secondary N) is 1. The minimum absolute atomic E-state index is 0.179. The largest absolute Gasteiger partial charge is 0.497 e. The molecule has 3 saturated heterocycles. The van der Waals surface area contributed by atoms with E-state index in [2.05, 4.69) is 55.8 Å². The van der Waals surface area contributed by atoms with E-state index in [9.17, 15) is 4.79 Å². The van der Waals surface area contributed by atoms with Crippen LogP contribution in [0.4, 0.5) is 0 Å². The Morgan fingerprint density at radius 2 is 1.95 bits per heavy atom. The number of benzene rings is 2. The molecule has 3 fully saturated rings. The molecule has 1 aromatic heterocycles. The van der Waals surface area contributed by atoms with E-state index in [0.29, 0.717) is 17.8 Å². The lowest BCUT2D eigenvalue weighted by atomic mass is 9.73. The van der Waals surface area contributed by atoms with E-state index in [-0.39, 0.29) is 24.0 Å². The van der Waals surface area contributed by atoms with E-state index in [1.54, 1.807) is 7.11 Å². The Labute approximate surface area is 226 Å². The zero-order chi connectivity index (χ0) is 26.8. The van der Waals surface area contributed by atoms with Crippen molar-refractivity contribution >= 4 is 16.9 Å². The van der Waals surface area contributed by atoms with Crippen molar-refractivity contribution in [1.29, 1.82) is 0 Å². The summed E-state index contributed by atoms with van der Waals surface area (Å²) in [5.41, 5.74) is 4.19. The number of hydrogen-bond donors (Lipinski definition) is 1. The number of pyridine rings is 1. The summed E-state index contributed by atoms with van der Waals surface area (Å²) in [5, 5.41) is 0.984. The second-order valence-electron chi connectivity index (χ2n) is 11.6. The van der Waals surface area contributed by atoms with E-state index in [0.717, 1.165) is 53.7 Å². The van der Waals surface area contributed by atoms with Crippen molar-refractivity contribution in [2.24, 2.45) is 17.8 Å². The van der Waals surface area contributed by atoms with Gasteiger partial charge in [0.2, 0.25) is 0 Å². The van der Waals surface area contributed by atoms with Crippen LogP contribution >= 0.6 is 0 Å². The minimum Gasteiger partial charge on any atom is -0.497 e. The van der Waals surface area contributed by atoms with Gasteiger partial charge in [-0.15, -0.1) is 6.58 Å². The fourth-order valence-electron chi connectivity index (χ4n) is 6.55. The molecule has 1 unspecified atom stereocenters. The Balaban J connectivity index is 1.47. The first-order valence-corrected chi connectivity index (χ1v) is 14.1. The number of piperidine rings is 3. The number of nitrogens with zero attached hydrogens (tertiary/aromatic N) is 1. The molecule has 4 heterocycles. The van der Waals surface area contributed by atoms with Crippen LogP contribution < -0.4 is 9.64 Å². The fourth-order valence-corrected chi connectivity index (χ4v) is 6.55.